The van der Waals surface area contributed by atoms with E-state index >= 15 is 0 Å². The maximum atomic E-state index is 12.6. The number of rotatable bonds is 2. The quantitative estimate of drug-likeness (QED) is 0.353. The number of thioether (sulfide) groups is 1. The van der Waals surface area contributed by atoms with Gasteiger partial charge in [-0.25, -0.2) is 4.79 Å². The molecule has 2 aliphatic heterocycles. The van der Waals surface area contributed by atoms with Crippen molar-refractivity contribution < 1.29 is 10.0 Å². The van der Waals surface area contributed by atoms with Gasteiger partial charge < -0.3 is 20.7 Å². The molecule has 0 saturated carbocycles. The number of hydrogen-bond donors (Lipinski definition) is 2. The molecule has 0 atom stereocenters. The summed E-state index contributed by atoms with van der Waals surface area (Å²) in [5.74, 6) is 0.275. The maximum Gasteiger partial charge on any atom is 0.319 e. The first kappa shape index (κ1) is 16.3. The Hall–Kier alpha value is -1.11. The summed E-state index contributed by atoms with van der Waals surface area (Å²) < 4.78 is -0.329. The minimum absolute atomic E-state index is 0.158. The Morgan fingerprint density at radius 2 is 1.62 bits per heavy atom. The minimum atomic E-state index is -0.329. The van der Waals surface area contributed by atoms with Gasteiger partial charge in [0.25, 0.3) is 0 Å². The Labute approximate surface area is 130 Å². The molecule has 0 spiro atoms. The summed E-state index contributed by atoms with van der Waals surface area (Å²) in [6, 6.07) is 0.158. The summed E-state index contributed by atoms with van der Waals surface area (Å²) in [5.41, 5.74) is 5.84. The lowest BCUT2D eigenvalue weighted by atomic mass is 9.94. The Morgan fingerprint density at radius 3 is 2.10 bits per heavy atom. The molecule has 2 amide bonds. The first-order chi connectivity index (χ1) is 10.1. The number of carbonyl (C=O) groups is 1. The van der Waals surface area contributed by atoms with E-state index in [1.807, 2.05) is 16.1 Å². The van der Waals surface area contributed by atoms with Crippen LogP contribution in [0.15, 0.2) is 5.16 Å². The molecule has 0 unspecified atom stereocenters. The topological polar surface area (TPSA) is 82.2 Å². The lowest BCUT2D eigenvalue weighted by Crippen LogP contribution is -2.54. The van der Waals surface area contributed by atoms with Gasteiger partial charge in [-0.15, -0.1) is 0 Å². The highest BCUT2D eigenvalue weighted by atomic mass is 32.2. The third-order valence-electron chi connectivity index (χ3n) is 4.68. The second-order valence-electron chi connectivity index (χ2n) is 5.85. The Kier molecular flexibility index (Phi) is 5.61. The molecule has 2 saturated heterocycles. The Bertz CT molecular complexity index is 386. The van der Waals surface area contributed by atoms with Crippen LogP contribution in [0.25, 0.3) is 0 Å². The van der Waals surface area contributed by atoms with Gasteiger partial charge in [-0.1, -0.05) is 18.0 Å². The first-order valence-electron chi connectivity index (χ1n) is 7.70. The molecule has 0 aromatic rings. The molecule has 2 fully saturated rings. The molecule has 0 aromatic heterocycles. The van der Waals surface area contributed by atoms with E-state index in [4.69, 9.17) is 10.9 Å². The number of piperidine rings is 1. The van der Waals surface area contributed by atoms with Crippen molar-refractivity contribution in [3.63, 3.8) is 0 Å². The van der Waals surface area contributed by atoms with Crippen LogP contribution >= 0.6 is 11.8 Å². The van der Waals surface area contributed by atoms with Crippen molar-refractivity contribution in [2.75, 3.05) is 32.4 Å². The highest BCUT2D eigenvalue weighted by molar-refractivity contribution is 8.00. The maximum absolute atomic E-state index is 12.6. The number of nitrogens with zero attached hydrogens (tertiary/aromatic N) is 3. The van der Waals surface area contributed by atoms with Crippen LogP contribution < -0.4 is 5.73 Å². The van der Waals surface area contributed by atoms with E-state index in [-0.39, 0.29) is 16.6 Å². The van der Waals surface area contributed by atoms with E-state index in [1.165, 1.54) is 12.8 Å². The van der Waals surface area contributed by atoms with Crippen molar-refractivity contribution in [2.45, 2.75) is 43.3 Å². The van der Waals surface area contributed by atoms with Crippen molar-refractivity contribution >= 4 is 23.6 Å². The largest absolute Gasteiger partial charge is 0.409 e. The molecule has 0 aliphatic carbocycles. The molecular weight excluding hydrogens is 288 g/mol. The van der Waals surface area contributed by atoms with Crippen LogP contribution in [-0.2, 0) is 0 Å². The van der Waals surface area contributed by atoms with Crippen molar-refractivity contribution in [3.8, 4) is 0 Å². The SMILES string of the molecule is CSC1(C(N)=NO)CCN(C(=O)N2CCCCCC2)CC1. The molecule has 2 aliphatic rings. The fraction of sp³-hybridized carbons (Fsp3) is 0.857. The lowest BCUT2D eigenvalue weighted by Gasteiger charge is -2.41. The number of carbonyl (C=O) groups excluding carboxylic acids is 1. The summed E-state index contributed by atoms with van der Waals surface area (Å²) in [4.78, 5) is 16.5. The van der Waals surface area contributed by atoms with E-state index in [2.05, 4.69) is 5.16 Å². The van der Waals surface area contributed by atoms with E-state index < -0.39 is 0 Å². The number of amides is 2. The predicted octanol–water partition coefficient (Wildman–Crippen LogP) is 1.93. The highest BCUT2D eigenvalue weighted by Crippen LogP contribution is 2.35. The van der Waals surface area contributed by atoms with Crippen molar-refractivity contribution in [2.24, 2.45) is 10.9 Å². The van der Waals surface area contributed by atoms with Crippen molar-refractivity contribution in [1.82, 2.24) is 9.80 Å². The fourth-order valence-electron chi connectivity index (χ4n) is 3.18. The number of urea groups is 1. The number of oxime groups is 1. The summed E-state index contributed by atoms with van der Waals surface area (Å²) >= 11 is 1.61. The van der Waals surface area contributed by atoms with Crippen LogP contribution in [0.4, 0.5) is 4.79 Å². The smallest absolute Gasteiger partial charge is 0.319 e. The highest BCUT2D eigenvalue weighted by Gasteiger charge is 2.40. The molecular formula is C14H26N4O2S. The van der Waals surface area contributed by atoms with Crippen LogP contribution in [0.2, 0.25) is 0 Å². The monoisotopic (exact) mass is 314 g/mol. The molecule has 3 N–H and O–H groups in total. The van der Waals surface area contributed by atoms with E-state index in [1.54, 1.807) is 11.8 Å². The van der Waals surface area contributed by atoms with Crippen LogP contribution in [-0.4, -0.2) is 64.1 Å². The Balaban J connectivity index is 1.95. The van der Waals surface area contributed by atoms with E-state index in [0.29, 0.717) is 13.1 Å². The van der Waals surface area contributed by atoms with Crippen LogP contribution in [0.5, 0.6) is 0 Å². The standard InChI is InChI=1S/C14H26N4O2S/c1-21-14(12(15)16-20)6-10-18(11-7-14)13(19)17-8-4-2-3-5-9-17/h20H,2-11H2,1H3,(H2,15,16). The summed E-state index contributed by atoms with van der Waals surface area (Å²) in [6.45, 7) is 3.10. The molecule has 0 bridgehead atoms. The number of likely N-dealkylation sites (tertiary alicyclic amines) is 2. The number of nitrogens with two attached hydrogens (primary N) is 1. The summed E-state index contributed by atoms with van der Waals surface area (Å²) in [7, 11) is 0. The zero-order valence-electron chi connectivity index (χ0n) is 12.8. The van der Waals surface area contributed by atoms with Gasteiger partial charge in [-0.3, -0.25) is 0 Å². The molecule has 0 radical (unpaired) electrons. The Morgan fingerprint density at radius 1 is 1.10 bits per heavy atom. The first-order valence-corrected chi connectivity index (χ1v) is 8.92. The van der Waals surface area contributed by atoms with Crippen LogP contribution in [0, 0.1) is 0 Å². The zero-order valence-corrected chi connectivity index (χ0v) is 13.6. The lowest BCUT2D eigenvalue weighted by molar-refractivity contribution is 0.142. The molecule has 21 heavy (non-hydrogen) atoms. The van der Waals surface area contributed by atoms with Crippen LogP contribution in [0.1, 0.15) is 38.5 Å². The molecule has 2 rings (SSSR count). The van der Waals surface area contributed by atoms with Gasteiger partial charge >= 0.3 is 6.03 Å². The van der Waals surface area contributed by atoms with Gasteiger partial charge in [0, 0.05) is 26.2 Å². The second kappa shape index (κ2) is 7.24. The van der Waals surface area contributed by atoms with Gasteiger partial charge in [-0.05, 0) is 31.9 Å². The van der Waals surface area contributed by atoms with Gasteiger partial charge in [0.2, 0.25) is 0 Å². The van der Waals surface area contributed by atoms with E-state index in [9.17, 15) is 4.79 Å². The average Bonchev–Trinajstić information content (AvgIpc) is 2.82. The fourth-order valence-corrected chi connectivity index (χ4v) is 4.02. The third kappa shape index (κ3) is 3.56. The van der Waals surface area contributed by atoms with E-state index in [0.717, 1.165) is 38.8 Å². The van der Waals surface area contributed by atoms with Gasteiger partial charge in [0.15, 0.2) is 5.84 Å². The molecule has 120 valence electrons. The predicted molar refractivity (Wildman–Crippen MR) is 85.9 cm³/mol. The average molecular weight is 314 g/mol. The molecule has 2 heterocycles. The zero-order chi connectivity index (χ0) is 15.3. The van der Waals surface area contributed by atoms with Gasteiger partial charge in [0.05, 0.1) is 4.75 Å². The van der Waals surface area contributed by atoms with Crippen molar-refractivity contribution in [3.05, 3.63) is 0 Å². The minimum Gasteiger partial charge on any atom is -0.409 e. The van der Waals surface area contributed by atoms with Crippen molar-refractivity contribution in [1.29, 1.82) is 0 Å². The van der Waals surface area contributed by atoms with Gasteiger partial charge in [0.1, 0.15) is 0 Å². The third-order valence-corrected chi connectivity index (χ3v) is 6.08. The van der Waals surface area contributed by atoms with Crippen LogP contribution in [0.3, 0.4) is 0 Å². The number of amidine groups is 1. The normalized spacial score (nSPS) is 23.8. The summed E-state index contributed by atoms with van der Waals surface area (Å²) in [6.07, 6.45) is 8.13. The molecule has 0 aromatic carbocycles. The second-order valence-corrected chi connectivity index (χ2v) is 7.04. The van der Waals surface area contributed by atoms with Gasteiger partial charge in [-0.2, -0.15) is 11.8 Å². The summed E-state index contributed by atoms with van der Waals surface area (Å²) in [5, 5.41) is 12.1. The molecule has 6 nitrogen and oxygen atoms in total. The molecule has 7 heteroatoms. The number of hydrogen-bond acceptors (Lipinski definition) is 4.